The summed E-state index contributed by atoms with van der Waals surface area (Å²) in [6.07, 6.45) is 3.97. The first-order valence-corrected chi connectivity index (χ1v) is 8.20. The molecule has 0 saturated heterocycles. The Balaban J connectivity index is 1.67. The van der Waals surface area contributed by atoms with E-state index in [1.807, 2.05) is 66.7 Å². The molecule has 4 nitrogen and oxygen atoms in total. The SMILES string of the molecule is Clc1ccc(C=Cc2nn3c(-c4ccccc4)nnc3s2)cc1. The Labute approximate surface area is 141 Å². The van der Waals surface area contributed by atoms with Crippen molar-refractivity contribution in [3.05, 3.63) is 70.2 Å². The lowest BCUT2D eigenvalue weighted by molar-refractivity contribution is 0.960. The van der Waals surface area contributed by atoms with Gasteiger partial charge >= 0.3 is 0 Å². The predicted octanol–water partition coefficient (Wildman–Crippen LogP) is 4.68. The average molecular weight is 339 g/mol. The van der Waals surface area contributed by atoms with E-state index in [1.165, 1.54) is 11.3 Å². The molecule has 0 radical (unpaired) electrons. The Bertz CT molecular complexity index is 971. The standard InChI is InChI=1S/C17H11ClN4S/c18-14-9-6-12(7-10-14)8-11-15-21-22-16(19-20-17(22)23-15)13-4-2-1-3-5-13/h1-11H. The van der Waals surface area contributed by atoms with E-state index in [1.54, 1.807) is 4.52 Å². The number of halogens is 1. The molecule has 0 bridgehead atoms. The topological polar surface area (TPSA) is 43.1 Å². The van der Waals surface area contributed by atoms with Crippen molar-refractivity contribution in [2.24, 2.45) is 0 Å². The van der Waals surface area contributed by atoms with Crippen LogP contribution in [0.4, 0.5) is 0 Å². The average Bonchev–Trinajstić information content (AvgIpc) is 3.15. The molecule has 4 rings (SSSR count). The van der Waals surface area contributed by atoms with Crippen LogP contribution in [-0.4, -0.2) is 19.8 Å². The molecule has 2 heterocycles. The maximum Gasteiger partial charge on any atom is 0.235 e. The molecule has 2 aromatic heterocycles. The molecule has 6 heteroatoms. The highest BCUT2D eigenvalue weighted by Crippen LogP contribution is 2.22. The van der Waals surface area contributed by atoms with Gasteiger partial charge in [-0.2, -0.15) is 9.61 Å². The van der Waals surface area contributed by atoms with Gasteiger partial charge in [-0.15, -0.1) is 10.2 Å². The van der Waals surface area contributed by atoms with Crippen molar-refractivity contribution in [1.29, 1.82) is 0 Å². The van der Waals surface area contributed by atoms with E-state index >= 15 is 0 Å². The van der Waals surface area contributed by atoms with Crippen LogP contribution in [0, 0.1) is 0 Å². The van der Waals surface area contributed by atoms with Crippen molar-refractivity contribution in [3.63, 3.8) is 0 Å². The highest BCUT2D eigenvalue weighted by Gasteiger charge is 2.11. The van der Waals surface area contributed by atoms with E-state index in [0.29, 0.717) is 0 Å². The summed E-state index contributed by atoms with van der Waals surface area (Å²) >= 11 is 7.39. The molecule has 112 valence electrons. The Kier molecular flexibility index (Phi) is 3.65. The third-order valence-corrected chi connectivity index (χ3v) is 4.44. The Hall–Kier alpha value is -2.50. The Morgan fingerprint density at radius 2 is 1.70 bits per heavy atom. The number of nitrogens with zero attached hydrogens (tertiary/aromatic N) is 4. The van der Waals surface area contributed by atoms with Gasteiger partial charge in [0.25, 0.3) is 0 Å². The molecule has 23 heavy (non-hydrogen) atoms. The minimum atomic E-state index is 0.730. The van der Waals surface area contributed by atoms with Crippen molar-refractivity contribution in [3.8, 4) is 11.4 Å². The van der Waals surface area contributed by atoms with E-state index in [9.17, 15) is 0 Å². The van der Waals surface area contributed by atoms with Crippen molar-refractivity contribution < 1.29 is 0 Å². The number of hydrogen-bond acceptors (Lipinski definition) is 4. The molecule has 0 aliphatic carbocycles. The van der Waals surface area contributed by atoms with Crippen LogP contribution in [0.25, 0.3) is 28.5 Å². The second-order valence-electron chi connectivity index (χ2n) is 4.91. The number of fused-ring (bicyclic) bond motifs is 1. The normalized spacial score (nSPS) is 11.5. The van der Waals surface area contributed by atoms with Gasteiger partial charge in [-0.25, -0.2) is 0 Å². The van der Waals surface area contributed by atoms with Crippen molar-refractivity contribution >= 4 is 40.1 Å². The first-order chi connectivity index (χ1) is 11.3. The molecule has 0 fully saturated rings. The summed E-state index contributed by atoms with van der Waals surface area (Å²) in [5.74, 6) is 0.753. The maximum absolute atomic E-state index is 5.89. The van der Waals surface area contributed by atoms with E-state index in [-0.39, 0.29) is 0 Å². The number of rotatable bonds is 3. The number of aromatic nitrogens is 4. The zero-order valence-electron chi connectivity index (χ0n) is 11.9. The van der Waals surface area contributed by atoms with E-state index in [4.69, 9.17) is 11.6 Å². The van der Waals surface area contributed by atoms with Crippen LogP contribution in [-0.2, 0) is 0 Å². The van der Waals surface area contributed by atoms with E-state index in [0.717, 1.165) is 31.9 Å². The van der Waals surface area contributed by atoms with Crippen LogP contribution in [0.15, 0.2) is 54.6 Å². The predicted molar refractivity (Wildman–Crippen MR) is 94.5 cm³/mol. The van der Waals surface area contributed by atoms with E-state index < -0.39 is 0 Å². The Morgan fingerprint density at radius 3 is 2.48 bits per heavy atom. The monoisotopic (exact) mass is 338 g/mol. The summed E-state index contributed by atoms with van der Waals surface area (Å²) in [5.41, 5.74) is 2.07. The van der Waals surface area contributed by atoms with Gasteiger partial charge in [0.1, 0.15) is 5.01 Å². The molecular weight excluding hydrogens is 328 g/mol. The first-order valence-electron chi connectivity index (χ1n) is 7.01. The molecule has 2 aromatic carbocycles. The van der Waals surface area contributed by atoms with Crippen molar-refractivity contribution in [2.75, 3.05) is 0 Å². The van der Waals surface area contributed by atoms with Gasteiger partial charge in [0.15, 0.2) is 5.82 Å². The second-order valence-corrected chi connectivity index (χ2v) is 6.33. The zero-order valence-corrected chi connectivity index (χ0v) is 13.5. The van der Waals surface area contributed by atoms with Crippen LogP contribution in [0.1, 0.15) is 10.6 Å². The molecule has 0 N–H and O–H groups in total. The van der Waals surface area contributed by atoms with Crippen LogP contribution < -0.4 is 0 Å². The van der Waals surface area contributed by atoms with Gasteiger partial charge in [0.05, 0.1) is 0 Å². The first kappa shape index (κ1) is 14.1. The number of hydrogen-bond donors (Lipinski definition) is 0. The van der Waals surface area contributed by atoms with Crippen LogP contribution in [0.5, 0.6) is 0 Å². The molecule has 0 atom stereocenters. The summed E-state index contributed by atoms with van der Waals surface area (Å²) in [7, 11) is 0. The summed E-state index contributed by atoms with van der Waals surface area (Å²) in [5, 5.41) is 14.6. The highest BCUT2D eigenvalue weighted by molar-refractivity contribution is 7.17. The van der Waals surface area contributed by atoms with Crippen molar-refractivity contribution in [1.82, 2.24) is 19.8 Å². The lowest BCUT2D eigenvalue weighted by atomic mass is 10.2. The summed E-state index contributed by atoms with van der Waals surface area (Å²) < 4.78 is 1.78. The quantitative estimate of drug-likeness (QED) is 0.545. The largest absolute Gasteiger partial charge is 0.235 e. The Morgan fingerprint density at radius 1 is 0.913 bits per heavy atom. The minimum absolute atomic E-state index is 0.730. The summed E-state index contributed by atoms with van der Waals surface area (Å²) in [6.45, 7) is 0. The van der Waals surface area contributed by atoms with Gasteiger partial charge in [0.2, 0.25) is 4.96 Å². The molecule has 0 saturated carbocycles. The van der Waals surface area contributed by atoms with Crippen LogP contribution in [0.2, 0.25) is 5.02 Å². The van der Waals surface area contributed by atoms with Crippen LogP contribution in [0.3, 0.4) is 0 Å². The third-order valence-electron chi connectivity index (χ3n) is 3.33. The van der Waals surface area contributed by atoms with Gasteiger partial charge < -0.3 is 0 Å². The smallest absolute Gasteiger partial charge is 0.182 e. The van der Waals surface area contributed by atoms with Gasteiger partial charge in [-0.3, -0.25) is 0 Å². The lowest BCUT2D eigenvalue weighted by Crippen LogP contribution is -1.90. The third kappa shape index (κ3) is 2.88. The molecule has 0 spiro atoms. The summed E-state index contributed by atoms with van der Waals surface area (Å²) in [4.78, 5) is 0.777. The molecule has 0 amide bonds. The molecule has 0 unspecified atom stereocenters. The fourth-order valence-electron chi connectivity index (χ4n) is 2.21. The summed E-state index contributed by atoms with van der Waals surface area (Å²) in [6, 6.07) is 17.6. The lowest BCUT2D eigenvalue weighted by Gasteiger charge is -1.95. The second kappa shape index (κ2) is 5.95. The molecule has 0 aliphatic heterocycles. The highest BCUT2D eigenvalue weighted by atomic mass is 35.5. The fourth-order valence-corrected chi connectivity index (χ4v) is 3.07. The fraction of sp³-hybridized carbons (Fsp3) is 0. The van der Waals surface area contributed by atoms with Crippen molar-refractivity contribution in [2.45, 2.75) is 0 Å². The van der Waals surface area contributed by atoms with Crippen LogP contribution >= 0.6 is 22.9 Å². The molecular formula is C17H11ClN4S. The molecule has 0 aliphatic rings. The zero-order chi connectivity index (χ0) is 15.6. The maximum atomic E-state index is 5.89. The number of benzene rings is 2. The van der Waals surface area contributed by atoms with Gasteiger partial charge in [0, 0.05) is 10.6 Å². The van der Waals surface area contributed by atoms with E-state index in [2.05, 4.69) is 15.3 Å². The molecule has 4 aromatic rings. The van der Waals surface area contributed by atoms with Gasteiger partial charge in [-0.1, -0.05) is 71.5 Å². The minimum Gasteiger partial charge on any atom is -0.182 e. The van der Waals surface area contributed by atoms with Gasteiger partial charge in [-0.05, 0) is 23.8 Å².